The van der Waals surface area contributed by atoms with Crippen molar-refractivity contribution in [2.45, 2.75) is 38.6 Å². The molecular formula is C14H21BrN4O2. The van der Waals surface area contributed by atoms with E-state index in [0.29, 0.717) is 23.0 Å². The highest BCUT2D eigenvalue weighted by Gasteiger charge is 2.30. The zero-order valence-electron chi connectivity index (χ0n) is 12.2. The molecule has 7 heteroatoms. The molecule has 0 saturated heterocycles. The highest BCUT2D eigenvalue weighted by molar-refractivity contribution is 9.10. The number of aromatic nitrogens is 1. The molecular weight excluding hydrogens is 336 g/mol. The van der Waals surface area contributed by atoms with Crippen LogP contribution in [0.15, 0.2) is 16.7 Å². The molecule has 0 aliphatic heterocycles. The van der Waals surface area contributed by atoms with Crippen LogP contribution < -0.4 is 10.6 Å². The van der Waals surface area contributed by atoms with E-state index in [2.05, 4.69) is 32.7 Å². The van der Waals surface area contributed by atoms with Gasteiger partial charge >= 0.3 is 0 Å². The summed E-state index contributed by atoms with van der Waals surface area (Å²) in [6.45, 7) is 3.56. The number of rotatable bonds is 5. The lowest BCUT2D eigenvalue weighted by Crippen LogP contribution is -2.45. The predicted molar refractivity (Wildman–Crippen MR) is 86.4 cm³/mol. The molecule has 1 aromatic rings. The van der Waals surface area contributed by atoms with Gasteiger partial charge in [0.2, 0.25) is 0 Å². The van der Waals surface area contributed by atoms with Crippen LogP contribution in [-0.4, -0.2) is 29.0 Å². The van der Waals surface area contributed by atoms with Crippen molar-refractivity contribution >= 4 is 27.4 Å². The SMILES string of the molecule is CCN(c1ncc([N+](=O)[O-])cc1Br)C1CCCCC1CN. The minimum Gasteiger partial charge on any atom is -0.353 e. The molecule has 6 nitrogen and oxygen atoms in total. The van der Waals surface area contributed by atoms with E-state index in [1.165, 1.54) is 25.1 Å². The Balaban J connectivity index is 2.30. The molecule has 2 N–H and O–H groups in total. The Labute approximate surface area is 133 Å². The van der Waals surface area contributed by atoms with Crippen LogP contribution in [0.3, 0.4) is 0 Å². The van der Waals surface area contributed by atoms with Crippen LogP contribution in [-0.2, 0) is 0 Å². The average Bonchev–Trinajstić information content (AvgIpc) is 2.49. The molecule has 0 aromatic carbocycles. The Kier molecular flexibility index (Phi) is 5.52. The molecule has 116 valence electrons. The summed E-state index contributed by atoms with van der Waals surface area (Å²) in [5, 5.41) is 10.8. The first-order valence-electron chi connectivity index (χ1n) is 7.35. The predicted octanol–water partition coefficient (Wildman–Crippen LogP) is 3.10. The van der Waals surface area contributed by atoms with Crippen LogP contribution in [0.25, 0.3) is 0 Å². The van der Waals surface area contributed by atoms with Crippen molar-refractivity contribution in [3.8, 4) is 0 Å². The molecule has 1 saturated carbocycles. The monoisotopic (exact) mass is 356 g/mol. The number of pyridine rings is 1. The van der Waals surface area contributed by atoms with Gasteiger partial charge in [-0.3, -0.25) is 10.1 Å². The number of halogens is 1. The summed E-state index contributed by atoms with van der Waals surface area (Å²) < 4.78 is 0.667. The maximum Gasteiger partial charge on any atom is 0.288 e. The minimum absolute atomic E-state index is 0.000645. The summed E-state index contributed by atoms with van der Waals surface area (Å²) in [4.78, 5) is 16.9. The van der Waals surface area contributed by atoms with Gasteiger partial charge in [0.15, 0.2) is 0 Å². The van der Waals surface area contributed by atoms with Gasteiger partial charge in [-0.1, -0.05) is 12.8 Å². The third kappa shape index (κ3) is 3.52. The Morgan fingerprint density at radius 1 is 1.52 bits per heavy atom. The Morgan fingerprint density at radius 3 is 2.81 bits per heavy atom. The number of hydrogen-bond acceptors (Lipinski definition) is 5. The standard InChI is InChI=1S/C14H21BrN4O2/c1-2-18(13-6-4-3-5-10(13)8-16)14-12(15)7-11(9-17-14)19(20)21/h7,9-10,13H,2-6,8,16H2,1H3. The van der Waals surface area contributed by atoms with Crippen LogP contribution in [0.5, 0.6) is 0 Å². The van der Waals surface area contributed by atoms with Crippen LogP contribution >= 0.6 is 15.9 Å². The summed E-state index contributed by atoms with van der Waals surface area (Å²) in [5.74, 6) is 1.23. The van der Waals surface area contributed by atoms with Gasteiger partial charge in [-0.25, -0.2) is 4.98 Å². The number of nitrogens with zero attached hydrogens (tertiary/aromatic N) is 3. The maximum atomic E-state index is 10.8. The number of nitro groups is 1. The molecule has 1 aliphatic rings. The highest BCUT2D eigenvalue weighted by atomic mass is 79.9. The quantitative estimate of drug-likeness (QED) is 0.647. The van der Waals surface area contributed by atoms with Gasteiger partial charge in [0.25, 0.3) is 5.69 Å². The lowest BCUT2D eigenvalue weighted by molar-refractivity contribution is -0.385. The molecule has 2 atom stereocenters. The van der Waals surface area contributed by atoms with E-state index >= 15 is 0 Å². The zero-order chi connectivity index (χ0) is 15.4. The smallest absolute Gasteiger partial charge is 0.288 e. The Bertz CT molecular complexity index is 512. The second-order valence-corrected chi connectivity index (χ2v) is 6.24. The topological polar surface area (TPSA) is 85.3 Å². The summed E-state index contributed by atoms with van der Waals surface area (Å²) in [6, 6.07) is 1.88. The van der Waals surface area contributed by atoms with Crippen LogP contribution in [0.1, 0.15) is 32.6 Å². The van der Waals surface area contributed by atoms with Gasteiger partial charge in [-0.05, 0) is 48.2 Å². The molecule has 1 heterocycles. The second kappa shape index (κ2) is 7.17. The molecule has 1 aromatic heterocycles. The van der Waals surface area contributed by atoms with Gasteiger partial charge in [-0.2, -0.15) is 0 Å². The summed E-state index contributed by atoms with van der Waals surface area (Å²) in [6.07, 6.45) is 5.99. The Hall–Kier alpha value is -1.21. The van der Waals surface area contributed by atoms with E-state index in [-0.39, 0.29) is 5.69 Å². The minimum atomic E-state index is -0.429. The fourth-order valence-electron chi connectivity index (χ4n) is 3.15. The van der Waals surface area contributed by atoms with Crippen molar-refractivity contribution in [1.82, 2.24) is 4.98 Å². The van der Waals surface area contributed by atoms with Crippen LogP contribution in [0, 0.1) is 16.0 Å². The molecule has 0 spiro atoms. The van der Waals surface area contributed by atoms with Crippen molar-refractivity contribution in [3.05, 3.63) is 26.9 Å². The lowest BCUT2D eigenvalue weighted by atomic mass is 9.83. The van der Waals surface area contributed by atoms with Crippen molar-refractivity contribution in [1.29, 1.82) is 0 Å². The fourth-order valence-corrected chi connectivity index (χ4v) is 3.71. The van der Waals surface area contributed by atoms with Crippen molar-refractivity contribution in [2.24, 2.45) is 11.7 Å². The van der Waals surface area contributed by atoms with E-state index in [4.69, 9.17) is 5.73 Å². The number of nitrogens with two attached hydrogens (primary N) is 1. The summed E-state index contributed by atoms with van der Waals surface area (Å²) in [7, 11) is 0. The molecule has 0 amide bonds. The zero-order valence-corrected chi connectivity index (χ0v) is 13.8. The molecule has 0 bridgehead atoms. The van der Waals surface area contributed by atoms with E-state index in [1.807, 2.05) is 0 Å². The third-order valence-electron chi connectivity index (χ3n) is 4.20. The van der Waals surface area contributed by atoms with Gasteiger partial charge in [0.1, 0.15) is 12.0 Å². The van der Waals surface area contributed by atoms with Gasteiger partial charge < -0.3 is 10.6 Å². The molecule has 1 fully saturated rings. The normalized spacial score (nSPS) is 22.0. The van der Waals surface area contributed by atoms with Crippen molar-refractivity contribution < 1.29 is 4.92 Å². The Morgan fingerprint density at radius 2 is 2.24 bits per heavy atom. The molecule has 0 radical (unpaired) electrons. The molecule has 21 heavy (non-hydrogen) atoms. The van der Waals surface area contributed by atoms with Crippen molar-refractivity contribution in [2.75, 3.05) is 18.0 Å². The number of hydrogen-bond donors (Lipinski definition) is 1. The van der Waals surface area contributed by atoms with Crippen LogP contribution in [0.2, 0.25) is 0 Å². The van der Waals surface area contributed by atoms with Gasteiger partial charge in [0.05, 0.1) is 9.40 Å². The lowest BCUT2D eigenvalue weighted by Gasteiger charge is -2.40. The average molecular weight is 357 g/mol. The molecule has 1 aliphatic carbocycles. The second-order valence-electron chi connectivity index (χ2n) is 5.39. The van der Waals surface area contributed by atoms with E-state index in [1.54, 1.807) is 0 Å². The van der Waals surface area contributed by atoms with E-state index in [0.717, 1.165) is 25.2 Å². The maximum absolute atomic E-state index is 10.8. The molecule has 2 unspecified atom stereocenters. The summed E-state index contributed by atoms with van der Waals surface area (Å²) >= 11 is 3.43. The van der Waals surface area contributed by atoms with Gasteiger partial charge in [0, 0.05) is 18.7 Å². The summed E-state index contributed by atoms with van der Waals surface area (Å²) in [5.41, 5.74) is 5.92. The van der Waals surface area contributed by atoms with Crippen molar-refractivity contribution in [3.63, 3.8) is 0 Å². The van der Waals surface area contributed by atoms with E-state index in [9.17, 15) is 10.1 Å². The fraction of sp³-hybridized carbons (Fsp3) is 0.643. The largest absolute Gasteiger partial charge is 0.353 e. The first-order valence-corrected chi connectivity index (χ1v) is 8.14. The number of anilines is 1. The molecule has 2 rings (SSSR count). The van der Waals surface area contributed by atoms with E-state index < -0.39 is 4.92 Å². The first kappa shape index (κ1) is 16.2. The third-order valence-corrected chi connectivity index (χ3v) is 4.79. The first-order chi connectivity index (χ1) is 10.1. The van der Waals surface area contributed by atoms with Gasteiger partial charge in [-0.15, -0.1) is 0 Å². The highest BCUT2D eigenvalue weighted by Crippen LogP contribution is 2.34. The van der Waals surface area contributed by atoms with Crippen LogP contribution in [0.4, 0.5) is 11.5 Å².